The maximum Gasteiger partial charge on any atom is 0.261 e. The van der Waals surface area contributed by atoms with Crippen LogP contribution in [-0.4, -0.2) is 43.0 Å². The van der Waals surface area contributed by atoms with E-state index in [1.165, 1.54) is 11.3 Å². The molecule has 1 aromatic heterocycles. The van der Waals surface area contributed by atoms with Crippen molar-refractivity contribution in [2.75, 3.05) is 32.1 Å². The maximum atomic E-state index is 13.2. The lowest BCUT2D eigenvalue weighted by atomic mass is 10.2. The molecule has 0 aliphatic rings. The number of halogens is 2. The lowest BCUT2D eigenvalue weighted by molar-refractivity contribution is 0.0985. The first kappa shape index (κ1) is 19.5. The van der Waals surface area contributed by atoms with E-state index in [0.717, 1.165) is 26.8 Å². The Labute approximate surface area is 175 Å². The number of hydrogen-bond donors (Lipinski definition) is 0. The Hall–Kier alpha value is -1.22. The van der Waals surface area contributed by atoms with Crippen LogP contribution >= 0.6 is 45.5 Å². The van der Waals surface area contributed by atoms with E-state index in [2.05, 4.69) is 32.5 Å². The average molecular weight is 500 g/mol. The Bertz CT molecular complexity index is 928. The number of benzene rings is 2. The van der Waals surface area contributed by atoms with Crippen molar-refractivity contribution >= 4 is 66.8 Å². The molecule has 26 heavy (non-hydrogen) atoms. The van der Waals surface area contributed by atoms with Gasteiger partial charge in [0.2, 0.25) is 0 Å². The molecule has 1 heterocycles. The van der Waals surface area contributed by atoms with E-state index in [1.807, 2.05) is 56.6 Å². The van der Waals surface area contributed by atoms with Crippen LogP contribution in [0.3, 0.4) is 0 Å². The van der Waals surface area contributed by atoms with Gasteiger partial charge in [-0.1, -0.05) is 35.1 Å². The normalized spacial score (nSPS) is 11.3. The van der Waals surface area contributed by atoms with E-state index in [0.29, 0.717) is 22.3 Å². The van der Waals surface area contributed by atoms with Crippen LogP contribution in [0.2, 0.25) is 5.02 Å². The first-order valence-corrected chi connectivity index (χ1v) is 10.5. The van der Waals surface area contributed by atoms with Crippen molar-refractivity contribution in [3.8, 4) is 0 Å². The van der Waals surface area contributed by atoms with Crippen molar-refractivity contribution < 1.29 is 4.79 Å². The van der Waals surface area contributed by atoms with Gasteiger partial charge >= 0.3 is 0 Å². The minimum Gasteiger partial charge on any atom is -0.309 e. The molecule has 0 unspecified atom stereocenters. The maximum absolute atomic E-state index is 13.2. The van der Waals surface area contributed by atoms with E-state index in [9.17, 15) is 4.79 Å². The van der Waals surface area contributed by atoms with Gasteiger partial charge in [0.1, 0.15) is 0 Å². The number of thiazole rings is 1. The molecule has 0 atom stereocenters. The lowest BCUT2D eigenvalue weighted by Gasteiger charge is -2.21. The van der Waals surface area contributed by atoms with Gasteiger partial charge < -0.3 is 4.90 Å². The minimum absolute atomic E-state index is 0.0149. The fourth-order valence-electron chi connectivity index (χ4n) is 2.61. The number of hydrogen-bond acceptors (Lipinski definition) is 4. The summed E-state index contributed by atoms with van der Waals surface area (Å²) in [5.41, 5.74) is 1.57. The van der Waals surface area contributed by atoms with Crippen LogP contribution in [0, 0.1) is 3.57 Å². The van der Waals surface area contributed by atoms with Crippen LogP contribution in [0.5, 0.6) is 0 Å². The Morgan fingerprint density at radius 1 is 1.19 bits per heavy atom. The molecule has 3 aromatic rings. The summed E-state index contributed by atoms with van der Waals surface area (Å²) in [5, 5.41) is 1.39. The minimum atomic E-state index is -0.0149. The molecule has 0 fully saturated rings. The van der Waals surface area contributed by atoms with Crippen molar-refractivity contribution in [2.45, 2.75) is 6.42 Å². The number of carbonyl (C=O) groups excluding carboxylic acids is 1. The van der Waals surface area contributed by atoms with Crippen molar-refractivity contribution in [1.29, 1.82) is 0 Å². The quantitative estimate of drug-likeness (QED) is 0.440. The van der Waals surface area contributed by atoms with Crippen molar-refractivity contribution in [2.24, 2.45) is 0 Å². The smallest absolute Gasteiger partial charge is 0.261 e. The summed E-state index contributed by atoms with van der Waals surface area (Å²) < 4.78 is 1.93. The summed E-state index contributed by atoms with van der Waals surface area (Å²) in [4.78, 5) is 21.8. The molecule has 2 aromatic carbocycles. The first-order chi connectivity index (χ1) is 12.5. The summed E-state index contributed by atoms with van der Waals surface area (Å²) in [6.07, 6.45) is 0.874. The zero-order valence-corrected chi connectivity index (χ0v) is 18.3. The molecule has 3 rings (SSSR count). The molecular formula is C19H19ClIN3OS. The summed E-state index contributed by atoms with van der Waals surface area (Å²) >= 11 is 9.80. The van der Waals surface area contributed by atoms with Gasteiger partial charge in [-0.2, -0.15) is 0 Å². The molecule has 0 aliphatic carbocycles. The van der Waals surface area contributed by atoms with Crippen LogP contribution < -0.4 is 4.90 Å². The predicted octanol–water partition coefficient (Wildman–Crippen LogP) is 5.15. The number of rotatable bonds is 6. The Kier molecular flexibility index (Phi) is 6.50. The molecule has 0 N–H and O–H groups in total. The second kappa shape index (κ2) is 8.65. The number of amides is 1. The van der Waals surface area contributed by atoms with Gasteiger partial charge in [0, 0.05) is 15.1 Å². The third-order valence-corrected chi connectivity index (χ3v) is 6.12. The molecule has 0 aliphatic heterocycles. The average Bonchev–Trinajstić information content (AvgIpc) is 3.01. The topological polar surface area (TPSA) is 36.4 Å². The fraction of sp³-hybridized carbons (Fsp3) is 0.263. The molecule has 0 radical (unpaired) electrons. The van der Waals surface area contributed by atoms with E-state index in [1.54, 1.807) is 4.90 Å². The predicted molar refractivity (Wildman–Crippen MR) is 119 cm³/mol. The SMILES string of the molecule is CN(C)CCCN(C(=O)c1ccccc1I)c1nc2ccc(Cl)cc2s1. The van der Waals surface area contributed by atoms with E-state index >= 15 is 0 Å². The monoisotopic (exact) mass is 499 g/mol. The molecule has 0 saturated carbocycles. The van der Waals surface area contributed by atoms with Crippen molar-refractivity contribution in [3.05, 3.63) is 56.6 Å². The second-order valence-electron chi connectivity index (χ2n) is 6.20. The molecule has 0 spiro atoms. The Balaban J connectivity index is 1.96. The number of fused-ring (bicyclic) bond motifs is 1. The Morgan fingerprint density at radius 2 is 1.96 bits per heavy atom. The van der Waals surface area contributed by atoms with Gasteiger partial charge in [-0.3, -0.25) is 9.69 Å². The zero-order chi connectivity index (χ0) is 18.7. The van der Waals surface area contributed by atoms with E-state index < -0.39 is 0 Å². The lowest BCUT2D eigenvalue weighted by Crippen LogP contribution is -2.33. The van der Waals surface area contributed by atoms with Gasteiger partial charge in [0.25, 0.3) is 5.91 Å². The van der Waals surface area contributed by atoms with Crippen LogP contribution in [0.15, 0.2) is 42.5 Å². The van der Waals surface area contributed by atoms with Gasteiger partial charge in [-0.15, -0.1) is 0 Å². The Morgan fingerprint density at radius 3 is 2.69 bits per heavy atom. The number of nitrogens with zero attached hydrogens (tertiary/aromatic N) is 3. The first-order valence-electron chi connectivity index (χ1n) is 8.23. The highest BCUT2D eigenvalue weighted by Gasteiger charge is 2.22. The zero-order valence-electron chi connectivity index (χ0n) is 14.6. The molecule has 0 bridgehead atoms. The molecule has 1 amide bonds. The molecule has 4 nitrogen and oxygen atoms in total. The van der Waals surface area contributed by atoms with E-state index in [4.69, 9.17) is 11.6 Å². The summed E-state index contributed by atoms with van der Waals surface area (Å²) in [6.45, 7) is 1.53. The molecule has 136 valence electrons. The van der Waals surface area contributed by atoms with Crippen molar-refractivity contribution in [1.82, 2.24) is 9.88 Å². The van der Waals surface area contributed by atoms with E-state index in [-0.39, 0.29) is 5.91 Å². The standard InChI is InChI=1S/C19H19ClIN3OS/c1-23(2)10-5-11-24(18(25)14-6-3-4-7-15(14)21)19-22-16-9-8-13(20)12-17(16)26-19/h3-4,6-9,12H,5,10-11H2,1-2H3. The number of anilines is 1. The molecule has 0 saturated heterocycles. The van der Waals surface area contributed by atoms with Gasteiger partial charge in [0.15, 0.2) is 5.13 Å². The van der Waals surface area contributed by atoms with Crippen LogP contribution in [0.25, 0.3) is 10.2 Å². The molecule has 7 heteroatoms. The largest absolute Gasteiger partial charge is 0.309 e. The highest BCUT2D eigenvalue weighted by Crippen LogP contribution is 2.32. The van der Waals surface area contributed by atoms with Gasteiger partial charge in [0.05, 0.1) is 15.8 Å². The van der Waals surface area contributed by atoms with Crippen LogP contribution in [0.1, 0.15) is 16.8 Å². The van der Waals surface area contributed by atoms with Gasteiger partial charge in [-0.25, -0.2) is 4.98 Å². The second-order valence-corrected chi connectivity index (χ2v) is 8.81. The van der Waals surface area contributed by atoms with Crippen molar-refractivity contribution in [3.63, 3.8) is 0 Å². The van der Waals surface area contributed by atoms with Gasteiger partial charge in [-0.05, 0) is 80.0 Å². The molecular weight excluding hydrogens is 481 g/mol. The third-order valence-electron chi connectivity index (χ3n) is 3.91. The van der Waals surface area contributed by atoms with Crippen LogP contribution in [0.4, 0.5) is 5.13 Å². The summed E-state index contributed by atoms with van der Waals surface area (Å²) in [6, 6.07) is 13.3. The highest BCUT2D eigenvalue weighted by molar-refractivity contribution is 14.1. The summed E-state index contributed by atoms with van der Waals surface area (Å²) in [7, 11) is 4.07. The van der Waals surface area contributed by atoms with Crippen LogP contribution in [-0.2, 0) is 0 Å². The number of carbonyl (C=O) groups is 1. The summed E-state index contributed by atoms with van der Waals surface area (Å²) in [5.74, 6) is -0.0149. The highest BCUT2D eigenvalue weighted by atomic mass is 127. The fourth-order valence-corrected chi connectivity index (χ4v) is 4.50. The third kappa shape index (κ3) is 4.54. The number of aromatic nitrogens is 1.